The Morgan fingerprint density at radius 1 is 1.57 bits per heavy atom. The number of carbonyl (C=O) groups excluding carboxylic acids is 1. The Balaban J connectivity index is 2.72. The highest BCUT2D eigenvalue weighted by Gasteiger charge is 2.15. The van der Waals surface area contributed by atoms with Crippen molar-refractivity contribution in [2.45, 2.75) is 0 Å². The summed E-state index contributed by atoms with van der Waals surface area (Å²) in [6.07, 6.45) is 1.31. The smallest absolute Gasteiger partial charge is 0.338 e. The molecule has 0 spiro atoms. The molecule has 4 nitrogen and oxygen atoms in total. The van der Waals surface area contributed by atoms with Crippen molar-refractivity contribution in [3.05, 3.63) is 34.5 Å². The third kappa shape index (κ3) is 1.22. The number of esters is 1. The normalized spacial score (nSPS) is 10.4. The van der Waals surface area contributed by atoms with Gasteiger partial charge in [-0.2, -0.15) is 4.73 Å². The van der Waals surface area contributed by atoms with Crippen LogP contribution in [0.2, 0.25) is 0 Å². The molecule has 0 unspecified atom stereocenters. The van der Waals surface area contributed by atoms with Gasteiger partial charge in [0.1, 0.15) is 0 Å². The van der Waals surface area contributed by atoms with Crippen molar-refractivity contribution >= 4 is 27.5 Å². The molecular formula is C9H7NO3S. The van der Waals surface area contributed by atoms with Crippen LogP contribution < -0.4 is 4.73 Å². The standard InChI is InChI=1S/C9H7NO3S/c1-13-9(11)7-2-4-10(12)8-6(7)3-5-14-8/h2-5H,1H3. The van der Waals surface area contributed by atoms with Gasteiger partial charge in [-0.1, -0.05) is 11.3 Å². The van der Waals surface area contributed by atoms with E-state index in [1.54, 1.807) is 11.4 Å². The first-order chi connectivity index (χ1) is 6.74. The van der Waals surface area contributed by atoms with Gasteiger partial charge in [0.25, 0.3) is 4.83 Å². The number of hydrogen-bond donors (Lipinski definition) is 0. The van der Waals surface area contributed by atoms with Gasteiger partial charge in [-0.25, -0.2) is 4.79 Å². The van der Waals surface area contributed by atoms with Crippen LogP contribution in [-0.4, -0.2) is 13.1 Å². The largest absolute Gasteiger partial charge is 0.618 e. The van der Waals surface area contributed by atoms with Crippen LogP contribution in [0.3, 0.4) is 0 Å². The first-order valence-electron chi connectivity index (χ1n) is 3.91. The molecule has 0 bridgehead atoms. The molecule has 0 amide bonds. The highest BCUT2D eigenvalue weighted by Crippen LogP contribution is 2.20. The second kappa shape index (κ2) is 3.26. The molecule has 0 saturated carbocycles. The molecule has 2 aromatic heterocycles. The summed E-state index contributed by atoms with van der Waals surface area (Å²) in [5.74, 6) is -0.422. The van der Waals surface area contributed by atoms with Crippen LogP contribution in [0.25, 0.3) is 10.2 Å². The Labute approximate surface area is 83.9 Å². The third-order valence-corrected chi connectivity index (χ3v) is 2.81. The van der Waals surface area contributed by atoms with Gasteiger partial charge >= 0.3 is 5.97 Å². The lowest BCUT2D eigenvalue weighted by Gasteiger charge is -2.01. The van der Waals surface area contributed by atoms with E-state index < -0.39 is 5.97 Å². The fourth-order valence-electron chi connectivity index (χ4n) is 1.26. The van der Waals surface area contributed by atoms with Gasteiger partial charge in [0.15, 0.2) is 6.20 Å². The molecule has 0 atom stereocenters. The summed E-state index contributed by atoms with van der Waals surface area (Å²) in [7, 11) is 1.32. The highest BCUT2D eigenvalue weighted by molar-refractivity contribution is 7.16. The zero-order valence-corrected chi connectivity index (χ0v) is 8.21. The minimum atomic E-state index is -0.422. The lowest BCUT2D eigenvalue weighted by molar-refractivity contribution is -0.574. The van der Waals surface area contributed by atoms with Gasteiger partial charge in [-0.15, -0.1) is 0 Å². The number of hydrogen-bond acceptors (Lipinski definition) is 4. The zero-order chi connectivity index (χ0) is 10.1. The number of pyridine rings is 1. The Morgan fingerprint density at radius 3 is 3.07 bits per heavy atom. The summed E-state index contributed by atoms with van der Waals surface area (Å²) in [5, 5.41) is 13.7. The average Bonchev–Trinajstić information content (AvgIpc) is 2.67. The number of nitrogens with zero attached hydrogens (tertiary/aromatic N) is 1. The topological polar surface area (TPSA) is 53.2 Å². The van der Waals surface area contributed by atoms with E-state index in [-0.39, 0.29) is 0 Å². The van der Waals surface area contributed by atoms with Crippen molar-refractivity contribution in [2.75, 3.05) is 7.11 Å². The van der Waals surface area contributed by atoms with Crippen molar-refractivity contribution in [3.8, 4) is 0 Å². The van der Waals surface area contributed by atoms with Gasteiger partial charge in [-0.05, 0) is 11.4 Å². The number of rotatable bonds is 1. The van der Waals surface area contributed by atoms with Crippen LogP contribution in [-0.2, 0) is 4.74 Å². The fraction of sp³-hybridized carbons (Fsp3) is 0.111. The van der Waals surface area contributed by atoms with Crippen molar-refractivity contribution in [3.63, 3.8) is 0 Å². The summed E-state index contributed by atoms with van der Waals surface area (Å²) in [5.41, 5.74) is 0.427. The van der Waals surface area contributed by atoms with E-state index in [1.807, 2.05) is 0 Å². The summed E-state index contributed by atoms with van der Waals surface area (Å²) >= 11 is 1.30. The van der Waals surface area contributed by atoms with Crippen LogP contribution in [0.1, 0.15) is 10.4 Å². The molecule has 0 aliphatic carbocycles. The molecule has 2 rings (SSSR count). The van der Waals surface area contributed by atoms with Crippen LogP contribution >= 0.6 is 11.3 Å². The van der Waals surface area contributed by atoms with Crippen LogP contribution in [0.4, 0.5) is 0 Å². The van der Waals surface area contributed by atoms with Crippen LogP contribution in [0, 0.1) is 5.21 Å². The highest BCUT2D eigenvalue weighted by atomic mass is 32.1. The summed E-state index contributed by atoms with van der Waals surface area (Å²) in [6.45, 7) is 0. The molecule has 5 heteroatoms. The number of methoxy groups -OCH3 is 1. The minimum Gasteiger partial charge on any atom is -0.618 e. The van der Waals surface area contributed by atoms with E-state index in [0.29, 0.717) is 15.8 Å². The Morgan fingerprint density at radius 2 is 2.36 bits per heavy atom. The lowest BCUT2D eigenvalue weighted by Crippen LogP contribution is -2.25. The Hall–Kier alpha value is -1.62. The molecule has 0 N–H and O–H groups in total. The predicted octanol–water partition coefficient (Wildman–Crippen LogP) is 1.32. The van der Waals surface area contributed by atoms with E-state index >= 15 is 0 Å². The van der Waals surface area contributed by atoms with Gasteiger partial charge in [0.05, 0.1) is 18.1 Å². The van der Waals surface area contributed by atoms with Crippen molar-refractivity contribution in [1.29, 1.82) is 0 Å². The maximum Gasteiger partial charge on any atom is 0.338 e. The molecule has 0 saturated heterocycles. The van der Waals surface area contributed by atoms with Gasteiger partial charge < -0.3 is 9.94 Å². The average molecular weight is 209 g/mol. The molecule has 14 heavy (non-hydrogen) atoms. The molecule has 0 aliphatic heterocycles. The third-order valence-electron chi connectivity index (χ3n) is 1.92. The fourth-order valence-corrected chi connectivity index (χ4v) is 2.07. The SMILES string of the molecule is COC(=O)c1cc[n+]([O-])c2sccc12. The maximum absolute atomic E-state index is 11.3. The molecule has 2 heterocycles. The van der Waals surface area contributed by atoms with E-state index in [4.69, 9.17) is 0 Å². The first kappa shape index (κ1) is 8.96. The second-order valence-electron chi connectivity index (χ2n) is 2.69. The molecule has 0 radical (unpaired) electrons. The van der Waals surface area contributed by atoms with Gasteiger partial charge in [0.2, 0.25) is 0 Å². The first-order valence-corrected chi connectivity index (χ1v) is 4.79. The monoisotopic (exact) mass is 209 g/mol. The number of ether oxygens (including phenoxy) is 1. The second-order valence-corrected chi connectivity index (χ2v) is 3.58. The van der Waals surface area contributed by atoms with E-state index in [1.165, 1.54) is 30.7 Å². The summed E-state index contributed by atoms with van der Waals surface area (Å²) in [4.78, 5) is 11.8. The van der Waals surface area contributed by atoms with Crippen molar-refractivity contribution in [1.82, 2.24) is 0 Å². The Kier molecular flexibility index (Phi) is 2.09. The molecule has 0 aromatic carbocycles. The summed E-state index contributed by atoms with van der Waals surface area (Å²) < 4.78 is 5.35. The number of carbonyl (C=O) groups is 1. The van der Waals surface area contributed by atoms with E-state index in [0.717, 1.165) is 4.73 Å². The maximum atomic E-state index is 11.3. The molecule has 0 aliphatic rings. The van der Waals surface area contributed by atoms with Crippen molar-refractivity contribution in [2.24, 2.45) is 0 Å². The minimum absolute atomic E-state index is 0.422. The number of fused-ring (bicyclic) bond motifs is 1. The number of aromatic nitrogens is 1. The number of thiophene rings is 1. The zero-order valence-electron chi connectivity index (χ0n) is 7.39. The van der Waals surface area contributed by atoms with E-state index in [2.05, 4.69) is 4.74 Å². The quantitative estimate of drug-likeness (QED) is 0.404. The van der Waals surface area contributed by atoms with Gasteiger partial charge in [0, 0.05) is 6.07 Å². The van der Waals surface area contributed by atoms with Crippen LogP contribution in [0.15, 0.2) is 23.7 Å². The molecule has 72 valence electrons. The predicted molar refractivity (Wildman–Crippen MR) is 52.1 cm³/mol. The van der Waals surface area contributed by atoms with Crippen molar-refractivity contribution < 1.29 is 14.3 Å². The van der Waals surface area contributed by atoms with E-state index in [9.17, 15) is 10.0 Å². The van der Waals surface area contributed by atoms with Gasteiger partial charge in [-0.3, -0.25) is 0 Å². The Bertz CT molecular complexity index is 492. The lowest BCUT2D eigenvalue weighted by atomic mass is 10.2. The molecule has 2 aromatic rings. The molecular weight excluding hydrogens is 202 g/mol. The summed E-state index contributed by atoms with van der Waals surface area (Å²) in [6, 6.07) is 3.20. The van der Waals surface area contributed by atoms with Crippen LogP contribution in [0.5, 0.6) is 0 Å². The molecule has 0 fully saturated rings.